The average Bonchev–Trinajstić information content (AvgIpc) is 2.11. The smallest absolute Gasteiger partial charge is 0.326 e. The van der Waals surface area contributed by atoms with Crippen molar-refractivity contribution in [2.24, 2.45) is 5.73 Å². The number of primary amides is 1. The zero-order valence-electron chi connectivity index (χ0n) is 9.24. The summed E-state index contributed by atoms with van der Waals surface area (Å²) in [6.45, 7) is 2.74. The summed E-state index contributed by atoms with van der Waals surface area (Å²) in [7, 11) is -4.13. The number of rotatable bonds is 2. The van der Waals surface area contributed by atoms with Gasteiger partial charge in [0.15, 0.2) is 0 Å². The molecule has 5 N–H and O–H groups in total. The number of amides is 2. The first-order chi connectivity index (χ1) is 7.66. The Hall–Kier alpha value is -1.83. The van der Waals surface area contributed by atoms with E-state index in [9.17, 15) is 17.6 Å². The van der Waals surface area contributed by atoms with Crippen LogP contribution in [0.1, 0.15) is 11.1 Å². The molecule has 0 unspecified atom stereocenters. The van der Waals surface area contributed by atoms with Crippen LogP contribution in [0.5, 0.6) is 0 Å². The minimum absolute atomic E-state index is 0.0382. The highest BCUT2D eigenvalue weighted by atomic mass is 32.2. The second-order valence-corrected chi connectivity index (χ2v) is 5.13. The van der Waals surface area contributed by atoms with Crippen molar-refractivity contribution >= 4 is 21.7 Å². The van der Waals surface area contributed by atoms with Crippen molar-refractivity contribution in [1.82, 2.24) is 4.72 Å². The number of nitrogens with two attached hydrogens (primary N) is 2. The van der Waals surface area contributed by atoms with Gasteiger partial charge in [-0.2, -0.15) is 0 Å². The normalized spacial score (nSPS) is 11.2. The lowest BCUT2D eigenvalue weighted by molar-refractivity contribution is 0.253. The Bertz CT molecular complexity index is 584. The lowest BCUT2D eigenvalue weighted by Crippen LogP contribution is -2.35. The Morgan fingerprint density at radius 1 is 1.41 bits per heavy atom. The fourth-order valence-electron chi connectivity index (χ4n) is 1.53. The number of carbonyl (C=O) groups excluding carboxylic acids is 1. The van der Waals surface area contributed by atoms with E-state index < -0.39 is 21.9 Å². The van der Waals surface area contributed by atoms with Gasteiger partial charge in [-0.3, -0.25) is 0 Å². The summed E-state index contributed by atoms with van der Waals surface area (Å²) in [5.41, 5.74) is 10.0. The van der Waals surface area contributed by atoms with E-state index in [4.69, 9.17) is 11.5 Å². The molecule has 17 heavy (non-hydrogen) atoms. The third-order valence-electron chi connectivity index (χ3n) is 2.21. The highest BCUT2D eigenvalue weighted by Crippen LogP contribution is 2.27. The van der Waals surface area contributed by atoms with Gasteiger partial charge in [0.1, 0.15) is 5.82 Å². The first-order valence-corrected chi connectivity index (χ1v) is 6.02. The standard InChI is InChI=1S/C9H12FN3O3S/c1-4-3-6(10)7(11)5(2)8(4)17(15,16)13-9(12)14/h3H,11H2,1-2H3,(H3,12,13,14). The Morgan fingerprint density at radius 3 is 2.41 bits per heavy atom. The van der Waals surface area contributed by atoms with Crippen LogP contribution in [0.3, 0.4) is 0 Å². The molecule has 0 aliphatic rings. The van der Waals surface area contributed by atoms with E-state index in [1.54, 1.807) is 4.72 Å². The van der Waals surface area contributed by atoms with Crippen LogP contribution >= 0.6 is 0 Å². The molecule has 0 bridgehead atoms. The molecule has 2 amide bonds. The van der Waals surface area contributed by atoms with Crippen LogP contribution < -0.4 is 16.2 Å². The van der Waals surface area contributed by atoms with Gasteiger partial charge in [-0.05, 0) is 31.0 Å². The maximum absolute atomic E-state index is 13.2. The van der Waals surface area contributed by atoms with Gasteiger partial charge in [0.2, 0.25) is 0 Å². The Balaban J connectivity index is 3.53. The number of hydrogen-bond donors (Lipinski definition) is 3. The molecule has 1 aromatic carbocycles. The minimum atomic E-state index is -4.13. The number of anilines is 1. The molecule has 1 aromatic rings. The summed E-state index contributed by atoms with van der Waals surface area (Å²) < 4.78 is 38.4. The van der Waals surface area contributed by atoms with Crippen LogP contribution in [0.25, 0.3) is 0 Å². The molecule has 94 valence electrons. The molecular weight excluding hydrogens is 249 g/mol. The number of sulfonamides is 1. The molecule has 0 radical (unpaired) electrons. The highest BCUT2D eigenvalue weighted by molar-refractivity contribution is 7.90. The summed E-state index contributed by atoms with van der Waals surface area (Å²) in [6.07, 6.45) is 0. The van der Waals surface area contributed by atoms with Crippen molar-refractivity contribution in [2.75, 3.05) is 5.73 Å². The van der Waals surface area contributed by atoms with E-state index >= 15 is 0 Å². The number of aryl methyl sites for hydroxylation is 1. The van der Waals surface area contributed by atoms with Gasteiger partial charge in [0.25, 0.3) is 10.0 Å². The van der Waals surface area contributed by atoms with Gasteiger partial charge < -0.3 is 11.5 Å². The first kappa shape index (κ1) is 13.2. The van der Waals surface area contributed by atoms with E-state index in [2.05, 4.69) is 0 Å². The molecule has 0 spiro atoms. The highest BCUT2D eigenvalue weighted by Gasteiger charge is 2.23. The van der Waals surface area contributed by atoms with Crippen molar-refractivity contribution in [3.8, 4) is 0 Å². The fourth-order valence-corrected chi connectivity index (χ4v) is 2.89. The van der Waals surface area contributed by atoms with Crippen LogP contribution in [0.15, 0.2) is 11.0 Å². The molecule has 0 aliphatic carbocycles. The summed E-state index contributed by atoms with van der Waals surface area (Å²) in [5.74, 6) is -0.710. The van der Waals surface area contributed by atoms with E-state index in [0.717, 1.165) is 6.07 Å². The quantitative estimate of drug-likeness (QED) is 0.667. The van der Waals surface area contributed by atoms with E-state index in [-0.39, 0.29) is 21.7 Å². The zero-order chi connectivity index (χ0) is 13.4. The maximum atomic E-state index is 13.2. The minimum Gasteiger partial charge on any atom is -0.396 e. The molecule has 0 aromatic heterocycles. The van der Waals surface area contributed by atoms with Crippen molar-refractivity contribution in [2.45, 2.75) is 18.7 Å². The molecule has 0 heterocycles. The third kappa shape index (κ3) is 2.47. The second kappa shape index (κ2) is 4.21. The number of hydrogen-bond acceptors (Lipinski definition) is 4. The predicted molar refractivity (Wildman–Crippen MR) is 60.2 cm³/mol. The van der Waals surface area contributed by atoms with Gasteiger partial charge in [0.05, 0.1) is 10.6 Å². The number of nitrogens with one attached hydrogen (secondary N) is 1. The van der Waals surface area contributed by atoms with Gasteiger partial charge >= 0.3 is 6.03 Å². The van der Waals surface area contributed by atoms with Crippen molar-refractivity contribution in [3.05, 3.63) is 23.0 Å². The Morgan fingerprint density at radius 2 is 1.94 bits per heavy atom. The molecule has 0 fully saturated rings. The zero-order valence-corrected chi connectivity index (χ0v) is 10.1. The predicted octanol–water partition coefficient (Wildman–Crippen LogP) is 0.382. The van der Waals surface area contributed by atoms with Crippen LogP contribution in [0.4, 0.5) is 14.9 Å². The summed E-state index contributed by atoms with van der Waals surface area (Å²) in [4.78, 5) is 10.3. The Kier molecular flexibility index (Phi) is 3.28. The van der Waals surface area contributed by atoms with Gasteiger partial charge in [-0.25, -0.2) is 22.3 Å². The molecule has 0 aliphatic heterocycles. The van der Waals surface area contributed by atoms with Crippen molar-refractivity contribution in [3.63, 3.8) is 0 Å². The fraction of sp³-hybridized carbons (Fsp3) is 0.222. The van der Waals surface area contributed by atoms with Gasteiger partial charge in [-0.1, -0.05) is 0 Å². The molecule has 6 nitrogen and oxygen atoms in total. The van der Waals surface area contributed by atoms with Crippen LogP contribution in [-0.4, -0.2) is 14.4 Å². The monoisotopic (exact) mass is 261 g/mol. The van der Waals surface area contributed by atoms with Crippen LogP contribution in [0, 0.1) is 19.7 Å². The first-order valence-electron chi connectivity index (χ1n) is 4.54. The van der Waals surface area contributed by atoms with Gasteiger partial charge in [0, 0.05) is 0 Å². The topological polar surface area (TPSA) is 115 Å². The lowest BCUT2D eigenvalue weighted by Gasteiger charge is -2.13. The van der Waals surface area contributed by atoms with E-state index in [0.29, 0.717) is 0 Å². The molecule has 8 heteroatoms. The van der Waals surface area contributed by atoms with Crippen molar-refractivity contribution < 1.29 is 17.6 Å². The molecule has 0 saturated heterocycles. The largest absolute Gasteiger partial charge is 0.396 e. The number of halogens is 1. The summed E-state index contributed by atoms with van der Waals surface area (Å²) >= 11 is 0. The molecule has 1 rings (SSSR count). The van der Waals surface area contributed by atoms with Crippen molar-refractivity contribution in [1.29, 1.82) is 0 Å². The number of urea groups is 1. The number of benzene rings is 1. The SMILES string of the molecule is Cc1cc(F)c(N)c(C)c1S(=O)(=O)NC(N)=O. The van der Waals surface area contributed by atoms with E-state index in [1.807, 2.05) is 0 Å². The van der Waals surface area contributed by atoms with Gasteiger partial charge in [-0.15, -0.1) is 0 Å². The molecule has 0 saturated carbocycles. The average molecular weight is 261 g/mol. The van der Waals surface area contributed by atoms with E-state index in [1.165, 1.54) is 13.8 Å². The second-order valence-electron chi connectivity index (χ2n) is 3.51. The number of carbonyl (C=O) groups is 1. The maximum Gasteiger partial charge on any atom is 0.326 e. The number of nitrogen functional groups attached to an aromatic ring is 1. The van der Waals surface area contributed by atoms with Crippen LogP contribution in [0.2, 0.25) is 0 Å². The molecular formula is C9H12FN3O3S. The third-order valence-corrected chi connectivity index (χ3v) is 3.84. The Labute approximate surface area is 97.8 Å². The molecule has 0 atom stereocenters. The summed E-state index contributed by atoms with van der Waals surface area (Å²) in [5, 5.41) is 0. The summed E-state index contributed by atoms with van der Waals surface area (Å²) in [6, 6.07) is -0.232. The lowest BCUT2D eigenvalue weighted by atomic mass is 10.1. The van der Waals surface area contributed by atoms with Crippen LogP contribution in [-0.2, 0) is 10.0 Å².